The Hall–Kier alpha value is -3.29. The number of carbonyl (C=O) groups excluding carboxylic acids is 2. The minimum absolute atomic E-state index is 0.0207. The Kier molecular flexibility index (Phi) is 4.42. The SMILES string of the molecule is O=C(Nc1ccc([N+](=O)[O-])cc1)[C@H]1CC(=O)N(c2ccccc2F)C1. The first-order chi connectivity index (χ1) is 12.0. The molecule has 1 N–H and O–H groups in total. The lowest BCUT2D eigenvalue weighted by Gasteiger charge is -2.17. The molecule has 0 spiro atoms. The molecular formula is C17H14FN3O4. The molecule has 3 rings (SSSR count). The van der Waals surface area contributed by atoms with E-state index in [0.717, 1.165) is 0 Å². The minimum atomic E-state index is -0.623. The van der Waals surface area contributed by atoms with Crippen LogP contribution in [0.2, 0.25) is 0 Å². The predicted octanol–water partition coefficient (Wildman–Crippen LogP) is 2.73. The van der Waals surface area contributed by atoms with E-state index in [-0.39, 0.29) is 36.2 Å². The molecule has 1 aliphatic heterocycles. The average molecular weight is 343 g/mol. The molecule has 1 fully saturated rings. The third kappa shape index (κ3) is 3.47. The van der Waals surface area contributed by atoms with Crippen LogP contribution in [0.5, 0.6) is 0 Å². The number of nitro benzene ring substituents is 1. The molecule has 2 amide bonds. The molecule has 128 valence electrons. The molecule has 0 radical (unpaired) electrons. The molecule has 1 aliphatic rings. The standard InChI is InChI=1S/C17H14FN3O4/c18-14-3-1-2-4-15(14)20-10-11(9-16(20)22)17(23)19-12-5-7-13(8-6-12)21(24)25/h1-8,11H,9-10H2,(H,19,23)/t11-/m0/s1. The average Bonchev–Trinajstić information content (AvgIpc) is 2.97. The van der Waals surface area contributed by atoms with Crippen LogP contribution in [0.25, 0.3) is 0 Å². The fourth-order valence-electron chi connectivity index (χ4n) is 2.70. The maximum absolute atomic E-state index is 13.8. The van der Waals surface area contributed by atoms with E-state index < -0.39 is 16.7 Å². The second-order valence-corrected chi connectivity index (χ2v) is 5.65. The number of non-ortho nitro benzene ring substituents is 1. The highest BCUT2D eigenvalue weighted by Gasteiger charge is 2.36. The zero-order valence-electron chi connectivity index (χ0n) is 13.0. The Bertz CT molecular complexity index is 838. The molecule has 7 nitrogen and oxygen atoms in total. The van der Waals surface area contributed by atoms with Crippen molar-refractivity contribution in [3.8, 4) is 0 Å². The molecule has 0 aliphatic carbocycles. The number of carbonyl (C=O) groups is 2. The lowest BCUT2D eigenvalue weighted by molar-refractivity contribution is -0.384. The van der Waals surface area contributed by atoms with E-state index in [1.807, 2.05) is 0 Å². The van der Waals surface area contributed by atoms with Gasteiger partial charge in [-0.1, -0.05) is 12.1 Å². The fraction of sp³-hybridized carbons (Fsp3) is 0.176. The van der Waals surface area contributed by atoms with Gasteiger partial charge in [-0.3, -0.25) is 19.7 Å². The molecule has 0 bridgehead atoms. The van der Waals surface area contributed by atoms with Crippen LogP contribution in [-0.2, 0) is 9.59 Å². The maximum Gasteiger partial charge on any atom is 0.269 e. The quantitative estimate of drug-likeness (QED) is 0.682. The zero-order chi connectivity index (χ0) is 18.0. The smallest absolute Gasteiger partial charge is 0.269 e. The lowest BCUT2D eigenvalue weighted by atomic mass is 10.1. The highest BCUT2D eigenvalue weighted by molar-refractivity contribution is 6.03. The van der Waals surface area contributed by atoms with Gasteiger partial charge in [-0.15, -0.1) is 0 Å². The van der Waals surface area contributed by atoms with Gasteiger partial charge in [0.05, 0.1) is 16.5 Å². The van der Waals surface area contributed by atoms with E-state index >= 15 is 0 Å². The summed E-state index contributed by atoms with van der Waals surface area (Å²) in [5, 5.41) is 13.2. The van der Waals surface area contributed by atoms with Crippen LogP contribution in [0.3, 0.4) is 0 Å². The molecule has 0 unspecified atom stereocenters. The Morgan fingerprint density at radius 1 is 1.20 bits per heavy atom. The highest BCUT2D eigenvalue weighted by atomic mass is 19.1. The molecule has 1 saturated heterocycles. The van der Waals surface area contributed by atoms with Gasteiger partial charge in [-0.05, 0) is 24.3 Å². The maximum atomic E-state index is 13.8. The Balaban J connectivity index is 1.68. The molecular weight excluding hydrogens is 329 g/mol. The summed E-state index contributed by atoms with van der Waals surface area (Å²) in [5.74, 6) is -1.86. The van der Waals surface area contributed by atoms with Crippen LogP contribution in [0, 0.1) is 21.8 Å². The van der Waals surface area contributed by atoms with Crippen molar-refractivity contribution in [3.63, 3.8) is 0 Å². The Morgan fingerprint density at radius 2 is 1.88 bits per heavy atom. The number of para-hydroxylation sites is 1. The van der Waals surface area contributed by atoms with E-state index in [1.54, 1.807) is 6.07 Å². The van der Waals surface area contributed by atoms with Crippen LogP contribution in [0.1, 0.15) is 6.42 Å². The van der Waals surface area contributed by atoms with Gasteiger partial charge in [0.15, 0.2) is 0 Å². The number of benzene rings is 2. The summed E-state index contributed by atoms with van der Waals surface area (Å²) >= 11 is 0. The topological polar surface area (TPSA) is 92.5 Å². The van der Waals surface area contributed by atoms with E-state index in [0.29, 0.717) is 5.69 Å². The Labute approximate surface area is 142 Å². The second-order valence-electron chi connectivity index (χ2n) is 5.65. The summed E-state index contributed by atoms with van der Waals surface area (Å²) in [7, 11) is 0. The molecule has 8 heteroatoms. The first-order valence-electron chi connectivity index (χ1n) is 7.56. The highest BCUT2D eigenvalue weighted by Crippen LogP contribution is 2.28. The van der Waals surface area contributed by atoms with Gasteiger partial charge in [0, 0.05) is 30.8 Å². The molecule has 1 heterocycles. The third-order valence-corrected chi connectivity index (χ3v) is 3.98. The van der Waals surface area contributed by atoms with Crippen molar-refractivity contribution in [3.05, 3.63) is 64.5 Å². The number of amides is 2. The molecule has 0 aromatic heterocycles. The van der Waals surface area contributed by atoms with Crippen LogP contribution >= 0.6 is 0 Å². The number of nitrogens with one attached hydrogen (secondary N) is 1. The number of anilines is 2. The van der Waals surface area contributed by atoms with Crippen LogP contribution in [-0.4, -0.2) is 23.3 Å². The summed E-state index contributed by atoms with van der Waals surface area (Å²) in [6.07, 6.45) is -0.0207. The van der Waals surface area contributed by atoms with Gasteiger partial charge in [0.1, 0.15) is 5.82 Å². The minimum Gasteiger partial charge on any atom is -0.326 e. The second kappa shape index (κ2) is 6.68. The van der Waals surface area contributed by atoms with Crippen LogP contribution < -0.4 is 10.2 Å². The van der Waals surface area contributed by atoms with Gasteiger partial charge in [0.2, 0.25) is 11.8 Å². The van der Waals surface area contributed by atoms with Crippen molar-refractivity contribution in [2.24, 2.45) is 5.92 Å². The van der Waals surface area contributed by atoms with Gasteiger partial charge < -0.3 is 10.2 Å². The number of halogens is 1. The van der Waals surface area contributed by atoms with Crippen molar-refractivity contribution in [1.29, 1.82) is 0 Å². The number of hydrogen-bond donors (Lipinski definition) is 1. The summed E-state index contributed by atoms with van der Waals surface area (Å²) in [4.78, 5) is 35.8. The van der Waals surface area contributed by atoms with E-state index in [1.165, 1.54) is 47.4 Å². The van der Waals surface area contributed by atoms with Gasteiger partial charge in [0.25, 0.3) is 5.69 Å². The van der Waals surface area contributed by atoms with Crippen molar-refractivity contribution in [2.75, 3.05) is 16.8 Å². The summed E-state index contributed by atoms with van der Waals surface area (Å²) in [6.45, 7) is 0.0819. The van der Waals surface area contributed by atoms with Gasteiger partial charge >= 0.3 is 0 Å². The lowest BCUT2D eigenvalue weighted by Crippen LogP contribution is -2.28. The first-order valence-corrected chi connectivity index (χ1v) is 7.56. The van der Waals surface area contributed by atoms with E-state index in [4.69, 9.17) is 0 Å². The molecule has 2 aromatic rings. The monoisotopic (exact) mass is 343 g/mol. The van der Waals surface area contributed by atoms with Crippen molar-refractivity contribution in [2.45, 2.75) is 6.42 Å². The van der Waals surface area contributed by atoms with E-state index in [2.05, 4.69) is 5.32 Å². The van der Waals surface area contributed by atoms with Crippen LogP contribution in [0.4, 0.5) is 21.5 Å². The van der Waals surface area contributed by atoms with Crippen molar-refractivity contribution >= 4 is 28.9 Å². The van der Waals surface area contributed by atoms with E-state index in [9.17, 15) is 24.1 Å². The molecule has 2 aromatic carbocycles. The summed E-state index contributed by atoms with van der Waals surface area (Å²) in [5.41, 5.74) is 0.463. The molecule has 0 saturated carbocycles. The van der Waals surface area contributed by atoms with Crippen molar-refractivity contribution < 1.29 is 18.9 Å². The summed E-state index contributed by atoms with van der Waals surface area (Å²) < 4.78 is 13.8. The third-order valence-electron chi connectivity index (χ3n) is 3.98. The van der Waals surface area contributed by atoms with Crippen LogP contribution in [0.15, 0.2) is 48.5 Å². The van der Waals surface area contributed by atoms with Gasteiger partial charge in [-0.25, -0.2) is 4.39 Å². The van der Waals surface area contributed by atoms with Gasteiger partial charge in [-0.2, -0.15) is 0 Å². The molecule has 1 atom stereocenters. The normalized spacial score (nSPS) is 16.8. The zero-order valence-corrected chi connectivity index (χ0v) is 13.0. The fourth-order valence-corrected chi connectivity index (χ4v) is 2.70. The first kappa shape index (κ1) is 16.6. The number of rotatable bonds is 4. The van der Waals surface area contributed by atoms with Crippen molar-refractivity contribution in [1.82, 2.24) is 0 Å². The summed E-state index contributed by atoms with van der Waals surface area (Å²) in [6, 6.07) is 11.3. The number of nitrogens with zero attached hydrogens (tertiary/aromatic N) is 2. The number of hydrogen-bond acceptors (Lipinski definition) is 4. The number of nitro groups is 1. The molecule has 25 heavy (non-hydrogen) atoms. The Morgan fingerprint density at radius 3 is 2.52 bits per heavy atom. The largest absolute Gasteiger partial charge is 0.326 e. The predicted molar refractivity (Wildman–Crippen MR) is 88.6 cm³/mol.